The number of carbonyl (C=O) groups is 2. The summed E-state index contributed by atoms with van der Waals surface area (Å²) in [4.78, 5) is 42.2. The zero-order valence-corrected chi connectivity index (χ0v) is 17.4. The van der Waals surface area contributed by atoms with Crippen molar-refractivity contribution in [2.45, 2.75) is 39.2 Å². The molecule has 0 atom stereocenters. The van der Waals surface area contributed by atoms with Gasteiger partial charge in [0, 0.05) is 18.5 Å². The van der Waals surface area contributed by atoms with Crippen LogP contribution in [0.3, 0.4) is 0 Å². The molecule has 0 radical (unpaired) electrons. The number of carbonyl (C=O) groups excluding carboxylic acids is 2. The number of ether oxygens (including phenoxy) is 2. The molecule has 7 heteroatoms. The monoisotopic (exact) mass is 420 g/mol. The number of ketones is 1. The van der Waals surface area contributed by atoms with E-state index in [1.807, 2.05) is 6.92 Å². The third kappa shape index (κ3) is 4.50. The van der Waals surface area contributed by atoms with Gasteiger partial charge in [-0.2, -0.15) is 0 Å². The van der Waals surface area contributed by atoms with Gasteiger partial charge in [0.15, 0.2) is 12.4 Å². The van der Waals surface area contributed by atoms with Crippen LogP contribution in [0, 0.1) is 0 Å². The van der Waals surface area contributed by atoms with Crippen LogP contribution in [0.4, 0.5) is 0 Å². The molecule has 1 aliphatic rings. The number of esters is 1. The Morgan fingerprint density at radius 3 is 2.58 bits per heavy atom. The fraction of sp³-hybridized carbons (Fsp3) is 0.333. The number of nitrogens with zero attached hydrogens (tertiary/aromatic N) is 2. The highest BCUT2D eigenvalue weighted by atomic mass is 16.5. The highest BCUT2D eigenvalue weighted by molar-refractivity contribution is 6.00. The largest absolute Gasteiger partial charge is 0.494 e. The molecule has 4 rings (SSSR count). The molecular formula is C24H24N2O5. The van der Waals surface area contributed by atoms with E-state index >= 15 is 0 Å². The summed E-state index contributed by atoms with van der Waals surface area (Å²) in [5.41, 5.74) is 1.10. The number of hydrogen-bond acceptors (Lipinski definition) is 6. The van der Waals surface area contributed by atoms with Crippen molar-refractivity contribution in [1.82, 2.24) is 9.55 Å². The van der Waals surface area contributed by atoms with Gasteiger partial charge in [-0.05, 0) is 62.2 Å². The summed E-state index contributed by atoms with van der Waals surface area (Å²) in [5, 5.41) is 0.479. The van der Waals surface area contributed by atoms with Crippen molar-refractivity contribution in [2.75, 3.05) is 13.2 Å². The number of hydrogen-bond donors (Lipinski definition) is 0. The Balaban J connectivity index is 1.48. The molecule has 1 aliphatic heterocycles. The Bertz CT molecular complexity index is 1180. The number of fused-ring (bicyclic) bond motifs is 2. The van der Waals surface area contributed by atoms with E-state index in [1.54, 1.807) is 47.0 Å². The predicted molar refractivity (Wildman–Crippen MR) is 116 cm³/mol. The van der Waals surface area contributed by atoms with E-state index in [1.165, 1.54) is 0 Å². The zero-order chi connectivity index (χ0) is 21.8. The van der Waals surface area contributed by atoms with Crippen molar-refractivity contribution >= 4 is 22.7 Å². The molecule has 0 aliphatic carbocycles. The molecule has 0 fully saturated rings. The molecule has 31 heavy (non-hydrogen) atoms. The molecule has 0 bridgehead atoms. The lowest BCUT2D eigenvalue weighted by molar-refractivity contribution is 0.0475. The quantitative estimate of drug-likeness (QED) is 0.448. The molecule has 0 saturated heterocycles. The van der Waals surface area contributed by atoms with Crippen molar-refractivity contribution in [2.24, 2.45) is 0 Å². The van der Waals surface area contributed by atoms with Crippen molar-refractivity contribution in [3.63, 3.8) is 0 Å². The van der Waals surface area contributed by atoms with Crippen LogP contribution in [0.1, 0.15) is 52.7 Å². The van der Waals surface area contributed by atoms with E-state index in [0.29, 0.717) is 35.4 Å². The van der Waals surface area contributed by atoms with Crippen molar-refractivity contribution in [1.29, 1.82) is 0 Å². The Hall–Kier alpha value is -3.48. The normalized spacial score (nSPS) is 13.3. The standard InChI is InChI=1S/C24H24N2O5/c1-2-30-18-10-7-16(8-11-18)21(27)15-31-24(29)17-9-12-19-20(14-17)25-22-6-4-3-5-13-26(22)23(19)28/h7-12,14H,2-6,13,15H2,1H3. The zero-order valence-electron chi connectivity index (χ0n) is 17.4. The van der Waals surface area contributed by atoms with Gasteiger partial charge in [0.1, 0.15) is 11.6 Å². The van der Waals surface area contributed by atoms with E-state index in [9.17, 15) is 14.4 Å². The molecule has 7 nitrogen and oxygen atoms in total. The van der Waals surface area contributed by atoms with Crippen molar-refractivity contribution in [3.8, 4) is 5.75 Å². The van der Waals surface area contributed by atoms with Gasteiger partial charge in [0.05, 0.1) is 23.1 Å². The Kier molecular flexibility index (Phi) is 6.11. The summed E-state index contributed by atoms with van der Waals surface area (Å²) >= 11 is 0. The Morgan fingerprint density at radius 1 is 1.03 bits per heavy atom. The van der Waals surface area contributed by atoms with Gasteiger partial charge in [-0.25, -0.2) is 9.78 Å². The summed E-state index contributed by atoms with van der Waals surface area (Å²) in [5.74, 6) is 0.497. The van der Waals surface area contributed by atoms with Crippen LogP contribution in [0.2, 0.25) is 0 Å². The van der Waals surface area contributed by atoms with Crippen molar-refractivity contribution < 1.29 is 19.1 Å². The molecule has 0 amide bonds. The third-order valence-corrected chi connectivity index (χ3v) is 5.37. The van der Waals surface area contributed by atoms with E-state index < -0.39 is 5.97 Å². The minimum absolute atomic E-state index is 0.0764. The van der Waals surface area contributed by atoms with Crippen LogP contribution in [-0.2, 0) is 17.7 Å². The molecule has 0 unspecified atom stereocenters. The summed E-state index contributed by atoms with van der Waals surface area (Å²) < 4.78 is 12.3. The second-order valence-corrected chi connectivity index (χ2v) is 7.48. The van der Waals surface area contributed by atoms with Gasteiger partial charge in [0.2, 0.25) is 0 Å². The van der Waals surface area contributed by atoms with E-state index in [-0.39, 0.29) is 23.5 Å². The van der Waals surface area contributed by atoms with Crippen LogP contribution in [0.5, 0.6) is 5.75 Å². The lowest BCUT2D eigenvalue weighted by Gasteiger charge is -2.11. The van der Waals surface area contributed by atoms with E-state index in [2.05, 4.69) is 4.98 Å². The first kappa shape index (κ1) is 20.8. The van der Waals surface area contributed by atoms with E-state index in [0.717, 1.165) is 31.5 Å². The van der Waals surface area contributed by atoms with Crippen LogP contribution < -0.4 is 10.3 Å². The van der Waals surface area contributed by atoms with Gasteiger partial charge in [-0.3, -0.25) is 14.2 Å². The van der Waals surface area contributed by atoms with Gasteiger partial charge in [-0.15, -0.1) is 0 Å². The SMILES string of the molecule is CCOc1ccc(C(=O)COC(=O)c2ccc3c(=O)n4c(nc3c2)CCCCC4)cc1. The Labute approximate surface area is 179 Å². The predicted octanol–water partition coefficient (Wildman–Crippen LogP) is 3.56. The topological polar surface area (TPSA) is 87.5 Å². The summed E-state index contributed by atoms with van der Waals surface area (Å²) in [6.07, 6.45) is 3.77. The second-order valence-electron chi connectivity index (χ2n) is 7.48. The minimum atomic E-state index is -0.627. The van der Waals surface area contributed by atoms with Gasteiger partial charge in [0.25, 0.3) is 5.56 Å². The van der Waals surface area contributed by atoms with Gasteiger partial charge >= 0.3 is 5.97 Å². The Morgan fingerprint density at radius 2 is 1.81 bits per heavy atom. The average molecular weight is 420 g/mol. The summed E-state index contributed by atoms with van der Waals surface area (Å²) in [6, 6.07) is 11.4. The van der Waals surface area contributed by atoms with Crippen molar-refractivity contribution in [3.05, 3.63) is 69.8 Å². The fourth-order valence-electron chi connectivity index (χ4n) is 3.75. The molecule has 1 aromatic heterocycles. The maximum Gasteiger partial charge on any atom is 0.338 e. The summed E-state index contributed by atoms with van der Waals surface area (Å²) in [7, 11) is 0. The van der Waals surface area contributed by atoms with Crippen LogP contribution in [0.25, 0.3) is 10.9 Å². The summed E-state index contributed by atoms with van der Waals surface area (Å²) in [6.45, 7) is 2.73. The fourth-order valence-corrected chi connectivity index (χ4v) is 3.75. The molecule has 0 saturated carbocycles. The highest BCUT2D eigenvalue weighted by Gasteiger charge is 2.17. The van der Waals surface area contributed by atoms with E-state index in [4.69, 9.17) is 9.47 Å². The smallest absolute Gasteiger partial charge is 0.338 e. The average Bonchev–Trinajstić information content (AvgIpc) is 3.03. The number of benzene rings is 2. The first-order valence-corrected chi connectivity index (χ1v) is 10.5. The lowest BCUT2D eigenvalue weighted by Crippen LogP contribution is -2.24. The maximum absolute atomic E-state index is 12.8. The minimum Gasteiger partial charge on any atom is -0.494 e. The molecule has 3 aromatic rings. The maximum atomic E-state index is 12.8. The van der Waals surface area contributed by atoms with Crippen LogP contribution in [0.15, 0.2) is 47.3 Å². The van der Waals surface area contributed by atoms with Crippen LogP contribution >= 0.6 is 0 Å². The van der Waals surface area contributed by atoms with Crippen LogP contribution in [-0.4, -0.2) is 34.5 Å². The number of aryl methyl sites for hydroxylation is 1. The number of rotatable bonds is 6. The molecule has 2 heterocycles. The third-order valence-electron chi connectivity index (χ3n) is 5.37. The number of aromatic nitrogens is 2. The molecular weight excluding hydrogens is 396 g/mol. The number of Topliss-reactive ketones (excluding diaryl/α,β-unsaturated/α-hetero) is 1. The first-order valence-electron chi connectivity index (χ1n) is 10.5. The van der Waals surface area contributed by atoms with Gasteiger partial charge < -0.3 is 9.47 Å². The second kappa shape index (κ2) is 9.12. The molecule has 0 spiro atoms. The first-order chi connectivity index (χ1) is 15.1. The molecule has 0 N–H and O–H groups in total. The highest BCUT2D eigenvalue weighted by Crippen LogP contribution is 2.17. The van der Waals surface area contributed by atoms with Gasteiger partial charge in [-0.1, -0.05) is 6.42 Å². The molecule has 2 aromatic carbocycles. The molecule has 160 valence electrons. The lowest BCUT2D eigenvalue weighted by atomic mass is 10.1.